The van der Waals surface area contributed by atoms with Gasteiger partial charge in [-0.1, -0.05) is 79.3 Å². The van der Waals surface area contributed by atoms with Crippen LogP contribution in [0.15, 0.2) is 91.3 Å². The number of carbonyl (C=O) groups is 1. The van der Waals surface area contributed by atoms with E-state index in [4.69, 9.17) is 10.5 Å². The van der Waals surface area contributed by atoms with Crippen molar-refractivity contribution in [1.29, 1.82) is 0 Å². The van der Waals surface area contributed by atoms with Crippen LogP contribution in [-0.4, -0.2) is 46.6 Å². The van der Waals surface area contributed by atoms with E-state index in [-0.39, 0.29) is 16.9 Å². The molecule has 6 rings (SSSR count). The Labute approximate surface area is 266 Å². The number of pyridine rings is 1. The highest BCUT2D eigenvalue weighted by molar-refractivity contribution is 5.96. The molecular formula is C37H35F3N4O2. The standard InChI is InChI=1S/C37H35F3N4O2/c38-28-12-8-26(9-13-28)34(27-10-14-29(39)15-11-27)35(41)36(45)43-33-21-42-20-32(40)31(33)17-16-30-23-44(22-25-6-2-1-3-7-25)24-37(46-30)18-4-5-19-37/h1-3,6-15,20-21,30,34-35H,4-5,18-19,22-24,41H2,(H,43,45)/t30-,35+/m1/s1. The first-order valence-electron chi connectivity index (χ1n) is 15.5. The third kappa shape index (κ3) is 7.31. The minimum absolute atomic E-state index is 0.0279. The topological polar surface area (TPSA) is 80.5 Å². The molecule has 2 aliphatic rings. The minimum atomic E-state index is -1.20. The van der Waals surface area contributed by atoms with Crippen LogP contribution in [0.3, 0.4) is 0 Å². The second kappa shape index (κ2) is 13.9. The zero-order chi connectivity index (χ0) is 32.1. The number of nitrogens with one attached hydrogen (secondary N) is 1. The molecule has 9 heteroatoms. The average molecular weight is 625 g/mol. The Kier molecular flexibility index (Phi) is 9.50. The summed E-state index contributed by atoms with van der Waals surface area (Å²) in [4.78, 5) is 19.9. The van der Waals surface area contributed by atoms with Gasteiger partial charge >= 0.3 is 0 Å². The molecule has 1 aliphatic carbocycles. The third-order valence-corrected chi connectivity index (χ3v) is 8.73. The van der Waals surface area contributed by atoms with Gasteiger partial charge in [0.2, 0.25) is 5.91 Å². The number of nitrogens with zero attached hydrogens (tertiary/aromatic N) is 2. The van der Waals surface area contributed by atoms with E-state index in [1.54, 1.807) is 0 Å². The highest BCUT2D eigenvalue weighted by Crippen LogP contribution is 2.38. The van der Waals surface area contributed by atoms with Gasteiger partial charge in [-0.2, -0.15) is 0 Å². The summed E-state index contributed by atoms with van der Waals surface area (Å²) in [5.41, 5.74) is 8.57. The molecule has 0 radical (unpaired) electrons. The number of aromatic nitrogens is 1. The van der Waals surface area contributed by atoms with Crippen molar-refractivity contribution in [1.82, 2.24) is 9.88 Å². The molecule has 2 fully saturated rings. The summed E-state index contributed by atoms with van der Waals surface area (Å²) >= 11 is 0. The molecule has 0 unspecified atom stereocenters. The van der Waals surface area contributed by atoms with Crippen molar-refractivity contribution in [2.24, 2.45) is 5.73 Å². The number of rotatable bonds is 7. The smallest absolute Gasteiger partial charge is 0.242 e. The Morgan fingerprint density at radius 1 is 0.957 bits per heavy atom. The number of carbonyl (C=O) groups excluding carboxylic acids is 1. The van der Waals surface area contributed by atoms with Crippen molar-refractivity contribution >= 4 is 11.6 Å². The number of anilines is 1. The highest BCUT2D eigenvalue weighted by atomic mass is 19.1. The van der Waals surface area contributed by atoms with E-state index >= 15 is 4.39 Å². The number of hydrogen-bond acceptors (Lipinski definition) is 5. The van der Waals surface area contributed by atoms with E-state index in [9.17, 15) is 13.6 Å². The van der Waals surface area contributed by atoms with Crippen LogP contribution in [0, 0.1) is 29.3 Å². The molecule has 3 aromatic carbocycles. The summed E-state index contributed by atoms with van der Waals surface area (Å²) in [7, 11) is 0. The van der Waals surface area contributed by atoms with Gasteiger partial charge in [-0.3, -0.25) is 14.7 Å². The van der Waals surface area contributed by atoms with Gasteiger partial charge in [-0.15, -0.1) is 0 Å². The maximum absolute atomic E-state index is 15.2. The number of halogens is 3. The lowest BCUT2D eigenvalue weighted by Crippen LogP contribution is -2.53. The van der Waals surface area contributed by atoms with Crippen molar-refractivity contribution in [2.75, 3.05) is 18.4 Å². The van der Waals surface area contributed by atoms with Gasteiger partial charge in [0.15, 0.2) is 5.82 Å². The van der Waals surface area contributed by atoms with Crippen LogP contribution in [0.4, 0.5) is 18.9 Å². The molecule has 46 heavy (non-hydrogen) atoms. The Hall–Kier alpha value is -4.49. The van der Waals surface area contributed by atoms with E-state index < -0.39 is 41.4 Å². The Morgan fingerprint density at radius 3 is 2.22 bits per heavy atom. The number of amides is 1. The van der Waals surface area contributed by atoms with E-state index in [2.05, 4.69) is 39.2 Å². The molecule has 6 nitrogen and oxygen atoms in total. The van der Waals surface area contributed by atoms with Gasteiger partial charge < -0.3 is 15.8 Å². The lowest BCUT2D eigenvalue weighted by atomic mass is 9.85. The van der Waals surface area contributed by atoms with Gasteiger partial charge in [0.05, 0.1) is 35.3 Å². The largest absolute Gasteiger partial charge is 0.356 e. The molecule has 236 valence electrons. The predicted octanol–water partition coefficient (Wildman–Crippen LogP) is 6.16. The monoisotopic (exact) mass is 624 g/mol. The second-order valence-electron chi connectivity index (χ2n) is 12.1. The van der Waals surface area contributed by atoms with Crippen LogP contribution in [0.2, 0.25) is 0 Å². The molecule has 1 amide bonds. The summed E-state index contributed by atoms with van der Waals surface area (Å²) < 4.78 is 49.2. The van der Waals surface area contributed by atoms with Crippen LogP contribution in [0.1, 0.15) is 53.9 Å². The lowest BCUT2D eigenvalue weighted by Gasteiger charge is -2.43. The SMILES string of the molecule is N[C@H](C(=O)Nc1cncc(F)c1C#C[C@@H]1CN(Cc2ccccc2)CC2(CCCC2)O1)C(c1ccc(F)cc1)c1ccc(F)cc1. The van der Waals surface area contributed by atoms with Crippen molar-refractivity contribution in [3.8, 4) is 11.8 Å². The molecule has 1 saturated carbocycles. The lowest BCUT2D eigenvalue weighted by molar-refractivity contribution is -0.133. The number of hydrogen-bond donors (Lipinski definition) is 2. The second-order valence-corrected chi connectivity index (χ2v) is 12.1. The van der Waals surface area contributed by atoms with Crippen molar-refractivity contribution in [3.63, 3.8) is 0 Å². The van der Waals surface area contributed by atoms with Gasteiger partial charge in [0.25, 0.3) is 0 Å². The Bertz CT molecular complexity index is 1670. The number of benzene rings is 3. The van der Waals surface area contributed by atoms with Crippen LogP contribution in [-0.2, 0) is 16.1 Å². The minimum Gasteiger partial charge on any atom is -0.356 e. The fourth-order valence-electron chi connectivity index (χ4n) is 6.54. The van der Waals surface area contributed by atoms with E-state index in [0.29, 0.717) is 17.7 Å². The van der Waals surface area contributed by atoms with E-state index in [1.165, 1.54) is 60.3 Å². The first-order valence-corrected chi connectivity index (χ1v) is 15.5. The molecule has 2 atom stereocenters. The van der Waals surface area contributed by atoms with Crippen LogP contribution >= 0.6 is 0 Å². The summed E-state index contributed by atoms with van der Waals surface area (Å²) in [6, 6.07) is 20.2. The van der Waals surface area contributed by atoms with Gasteiger partial charge in [-0.25, -0.2) is 13.2 Å². The number of nitrogens with two attached hydrogens (primary N) is 1. The fourth-order valence-corrected chi connectivity index (χ4v) is 6.54. The first kappa shape index (κ1) is 31.5. The van der Waals surface area contributed by atoms with Crippen LogP contribution in [0.25, 0.3) is 0 Å². The zero-order valence-electron chi connectivity index (χ0n) is 25.3. The average Bonchev–Trinajstić information content (AvgIpc) is 3.49. The van der Waals surface area contributed by atoms with Crippen molar-refractivity contribution in [2.45, 2.75) is 55.9 Å². The number of morpholine rings is 1. The summed E-state index contributed by atoms with van der Waals surface area (Å²) in [6.45, 7) is 2.13. The Morgan fingerprint density at radius 2 is 1.59 bits per heavy atom. The van der Waals surface area contributed by atoms with Crippen LogP contribution in [0.5, 0.6) is 0 Å². The summed E-state index contributed by atoms with van der Waals surface area (Å²) in [6.07, 6.45) is 5.98. The molecule has 4 aromatic rings. The molecule has 2 heterocycles. The summed E-state index contributed by atoms with van der Waals surface area (Å²) in [5.74, 6) is 3.11. The van der Waals surface area contributed by atoms with Gasteiger partial charge in [-0.05, 0) is 53.8 Å². The zero-order valence-corrected chi connectivity index (χ0v) is 25.3. The molecule has 1 spiro atoms. The van der Waals surface area contributed by atoms with E-state index in [0.717, 1.165) is 45.0 Å². The molecule has 3 N–H and O–H groups in total. The van der Waals surface area contributed by atoms with Gasteiger partial charge in [0.1, 0.15) is 17.7 Å². The third-order valence-electron chi connectivity index (χ3n) is 8.73. The molecule has 1 aromatic heterocycles. The van der Waals surface area contributed by atoms with E-state index in [1.807, 2.05) is 18.2 Å². The van der Waals surface area contributed by atoms with Gasteiger partial charge in [0, 0.05) is 25.6 Å². The molecule has 1 aliphatic heterocycles. The first-order chi connectivity index (χ1) is 22.3. The fraction of sp³-hybridized carbons (Fsp3) is 0.297. The maximum atomic E-state index is 15.2. The highest BCUT2D eigenvalue weighted by Gasteiger charge is 2.42. The summed E-state index contributed by atoms with van der Waals surface area (Å²) in [5, 5.41) is 2.70. The maximum Gasteiger partial charge on any atom is 0.242 e. The number of ether oxygens (including phenoxy) is 1. The van der Waals surface area contributed by atoms with Crippen molar-refractivity contribution in [3.05, 3.63) is 131 Å². The predicted molar refractivity (Wildman–Crippen MR) is 170 cm³/mol. The van der Waals surface area contributed by atoms with Crippen molar-refractivity contribution < 1.29 is 22.7 Å². The quantitative estimate of drug-likeness (QED) is 0.241. The van der Waals surface area contributed by atoms with Crippen LogP contribution < -0.4 is 11.1 Å². The molecule has 0 bridgehead atoms. The molecular weight excluding hydrogens is 589 g/mol. The Balaban J connectivity index is 1.24. The molecule has 1 saturated heterocycles. The normalized spacial score (nSPS) is 18.2.